The molecule has 0 radical (unpaired) electrons. The molecule has 0 heterocycles. The number of nitrogens with zero attached hydrogens (tertiary/aromatic N) is 2. The number of aryl methyl sites for hydroxylation is 1. The summed E-state index contributed by atoms with van der Waals surface area (Å²) in [5.41, 5.74) is 2.66. The lowest BCUT2D eigenvalue weighted by atomic mass is 10.0. The number of rotatable bonds is 13. The minimum Gasteiger partial charge on any atom is -0.352 e. The lowest BCUT2D eigenvalue weighted by molar-refractivity contribution is -0.140. The molecule has 0 unspecified atom stereocenters. The second kappa shape index (κ2) is 15.4. The summed E-state index contributed by atoms with van der Waals surface area (Å²) in [5, 5.41) is 3.69. The summed E-state index contributed by atoms with van der Waals surface area (Å²) in [7, 11) is -4.17. The van der Waals surface area contributed by atoms with Gasteiger partial charge in [-0.15, -0.1) is 0 Å². The van der Waals surface area contributed by atoms with E-state index in [-0.39, 0.29) is 29.8 Å². The zero-order valence-electron chi connectivity index (χ0n) is 25.5. The molecule has 1 N–H and O–H groups in total. The van der Waals surface area contributed by atoms with E-state index in [4.69, 9.17) is 23.2 Å². The Morgan fingerprint density at radius 2 is 1.49 bits per heavy atom. The van der Waals surface area contributed by atoms with E-state index in [1.165, 1.54) is 17.0 Å². The highest BCUT2D eigenvalue weighted by Crippen LogP contribution is 2.27. The van der Waals surface area contributed by atoms with Crippen molar-refractivity contribution < 1.29 is 18.0 Å². The van der Waals surface area contributed by atoms with Crippen molar-refractivity contribution in [3.63, 3.8) is 0 Å². The van der Waals surface area contributed by atoms with E-state index in [9.17, 15) is 18.0 Å². The molecular weight excluding hydrogens is 629 g/mol. The molecule has 45 heavy (non-hydrogen) atoms. The molecule has 0 aliphatic heterocycles. The standard InChI is InChI=1S/C35H37Cl2N3O4S/c1-4-26(3)38-35(42)33(22-27-13-7-5-8-14-27)39(23-28-18-19-31(36)32(37)21-28)34(41)24-40(29-15-11-12-25(2)20-29)45(43,44)30-16-9-6-10-17-30/h5-21,26,33H,4,22-24H2,1-3H3,(H,38,42)/t26-,33-/m0/s1. The van der Waals surface area contributed by atoms with Crippen molar-refractivity contribution in [2.75, 3.05) is 10.8 Å². The fourth-order valence-electron chi connectivity index (χ4n) is 4.86. The first-order chi connectivity index (χ1) is 21.5. The zero-order chi connectivity index (χ0) is 32.6. The molecule has 0 saturated heterocycles. The molecule has 2 amide bonds. The Labute approximate surface area is 275 Å². The Balaban J connectivity index is 1.82. The number of nitrogens with one attached hydrogen (secondary N) is 1. The van der Waals surface area contributed by atoms with Crippen LogP contribution in [-0.2, 0) is 32.6 Å². The minimum absolute atomic E-state index is 0.00576. The van der Waals surface area contributed by atoms with Crippen LogP contribution in [0.4, 0.5) is 5.69 Å². The van der Waals surface area contributed by atoms with Crippen LogP contribution in [0.3, 0.4) is 0 Å². The van der Waals surface area contributed by atoms with E-state index in [0.717, 1.165) is 15.4 Å². The maximum absolute atomic E-state index is 14.5. The van der Waals surface area contributed by atoms with Gasteiger partial charge in [-0.3, -0.25) is 13.9 Å². The Bertz CT molecular complexity index is 1720. The largest absolute Gasteiger partial charge is 0.352 e. The van der Waals surface area contributed by atoms with Crippen LogP contribution in [0.15, 0.2) is 108 Å². The van der Waals surface area contributed by atoms with Gasteiger partial charge in [0.15, 0.2) is 0 Å². The summed E-state index contributed by atoms with van der Waals surface area (Å²) < 4.78 is 29.2. The molecule has 0 aromatic heterocycles. The van der Waals surface area contributed by atoms with Gasteiger partial charge in [0.1, 0.15) is 12.6 Å². The zero-order valence-corrected chi connectivity index (χ0v) is 27.8. The van der Waals surface area contributed by atoms with Gasteiger partial charge in [-0.25, -0.2) is 8.42 Å². The molecule has 10 heteroatoms. The predicted octanol–water partition coefficient (Wildman–Crippen LogP) is 7.05. The van der Waals surface area contributed by atoms with Gasteiger partial charge in [-0.1, -0.05) is 96.9 Å². The third-order valence-electron chi connectivity index (χ3n) is 7.51. The number of amides is 2. The first kappa shape index (κ1) is 34.0. The van der Waals surface area contributed by atoms with Gasteiger partial charge in [0, 0.05) is 19.0 Å². The highest BCUT2D eigenvalue weighted by atomic mass is 35.5. The van der Waals surface area contributed by atoms with E-state index in [1.807, 2.05) is 57.2 Å². The highest BCUT2D eigenvalue weighted by Gasteiger charge is 2.35. The molecule has 7 nitrogen and oxygen atoms in total. The van der Waals surface area contributed by atoms with Gasteiger partial charge in [-0.05, 0) is 73.4 Å². The Hall–Kier alpha value is -3.85. The van der Waals surface area contributed by atoms with Crippen molar-refractivity contribution in [2.24, 2.45) is 0 Å². The quantitative estimate of drug-likeness (QED) is 0.166. The van der Waals surface area contributed by atoms with Gasteiger partial charge >= 0.3 is 0 Å². The first-order valence-corrected chi connectivity index (χ1v) is 16.9. The van der Waals surface area contributed by atoms with Crippen molar-refractivity contribution in [1.82, 2.24) is 10.2 Å². The molecular formula is C35H37Cl2N3O4S. The van der Waals surface area contributed by atoms with Crippen molar-refractivity contribution in [1.29, 1.82) is 0 Å². The topological polar surface area (TPSA) is 86.8 Å². The lowest BCUT2D eigenvalue weighted by Gasteiger charge is -2.34. The average molecular weight is 667 g/mol. The van der Waals surface area contributed by atoms with Crippen molar-refractivity contribution in [3.8, 4) is 0 Å². The fraction of sp³-hybridized carbons (Fsp3) is 0.257. The predicted molar refractivity (Wildman–Crippen MR) is 181 cm³/mol. The molecule has 0 spiro atoms. The molecule has 0 fully saturated rings. The maximum Gasteiger partial charge on any atom is 0.264 e. The Morgan fingerprint density at radius 1 is 0.822 bits per heavy atom. The summed E-state index contributed by atoms with van der Waals surface area (Å²) >= 11 is 12.5. The lowest BCUT2D eigenvalue weighted by Crippen LogP contribution is -2.54. The molecule has 4 aromatic carbocycles. The number of sulfonamides is 1. The second-order valence-electron chi connectivity index (χ2n) is 11.0. The van der Waals surface area contributed by atoms with Gasteiger partial charge in [0.2, 0.25) is 11.8 Å². The molecule has 4 rings (SSSR count). The van der Waals surface area contributed by atoms with Gasteiger partial charge < -0.3 is 10.2 Å². The number of carbonyl (C=O) groups excluding carboxylic acids is 2. The van der Waals surface area contributed by atoms with Crippen LogP contribution in [0.5, 0.6) is 0 Å². The number of halogens is 2. The summed E-state index contributed by atoms with van der Waals surface area (Å²) in [4.78, 5) is 29.9. The smallest absolute Gasteiger partial charge is 0.264 e. The third-order valence-corrected chi connectivity index (χ3v) is 10.0. The summed E-state index contributed by atoms with van der Waals surface area (Å²) in [6, 6.07) is 28.3. The van der Waals surface area contributed by atoms with Crippen molar-refractivity contribution in [2.45, 2.75) is 57.1 Å². The molecule has 4 aromatic rings. The van der Waals surface area contributed by atoms with Crippen LogP contribution < -0.4 is 9.62 Å². The van der Waals surface area contributed by atoms with Gasteiger partial charge in [0.05, 0.1) is 20.6 Å². The molecule has 2 atom stereocenters. The third kappa shape index (κ3) is 8.87. The molecule has 0 bridgehead atoms. The van der Waals surface area contributed by atoms with Gasteiger partial charge in [0.25, 0.3) is 10.0 Å². The van der Waals surface area contributed by atoms with Crippen LogP contribution >= 0.6 is 23.2 Å². The van der Waals surface area contributed by atoms with Crippen LogP contribution in [-0.4, -0.2) is 43.8 Å². The monoisotopic (exact) mass is 665 g/mol. The molecule has 0 aliphatic rings. The number of anilines is 1. The highest BCUT2D eigenvalue weighted by molar-refractivity contribution is 7.92. The van der Waals surface area contributed by atoms with E-state index in [1.54, 1.807) is 54.6 Å². The Kier molecular flexibility index (Phi) is 11.7. The second-order valence-corrected chi connectivity index (χ2v) is 13.6. The van der Waals surface area contributed by atoms with Crippen LogP contribution in [0.1, 0.15) is 37.0 Å². The number of hydrogen-bond donors (Lipinski definition) is 1. The maximum atomic E-state index is 14.5. The molecule has 236 valence electrons. The molecule has 0 saturated carbocycles. The summed E-state index contributed by atoms with van der Waals surface area (Å²) in [6.07, 6.45) is 0.910. The minimum atomic E-state index is -4.17. The van der Waals surface area contributed by atoms with Gasteiger partial charge in [-0.2, -0.15) is 0 Å². The normalized spacial score (nSPS) is 12.6. The first-order valence-electron chi connectivity index (χ1n) is 14.7. The summed E-state index contributed by atoms with van der Waals surface area (Å²) in [6.45, 7) is 5.17. The van der Waals surface area contributed by atoms with Crippen molar-refractivity contribution in [3.05, 3.63) is 130 Å². The van der Waals surface area contributed by atoms with E-state index < -0.39 is 28.5 Å². The number of hydrogen-bond acceptors (Lipinski definition) is 4. The number of benzene rings is 4. The van der Waals surface area contributed by atoms with E-state index in [0.29, 0.717) is 27.7 Å². The summed E-state index contributed by atoms with van der Waals surface area (Å²) in [5.74, 6) is -0.892. The molecule has 0 aliphatic carbocycles. The van der Waals surface area contributed by atoms with E-state index >= 15 is 0 Å². The van der Waals surface area contributed by atoms with Crippen LogP contribution in [0.2, 0.25) is 10.0 Å². The van der Waals surface area contributed by atoms with Crippen molar-refractivity contribution >= 4 is 50.7 Å². The number of carbonyl (C=O) groups is 2. The SMILES string of the molecule is CC[C@H](C)NC(=O)[C@H](Cc1ccccc1)N(Cc1ccc(Cl)c(Cl)c1)C(=O)CN(c1cccc(C)c1)S(=O)(=O)c1ccccc1. The van der Waals surface area contributed by atoms with Crippen LogP contribution in [0.25, 0.3) is 0 Å². The average Bonchev–Trinajstić information content (AvgIpc) is 3.03. The fourth-order valence-corrected chi connectivity index (χ4v) is 6.61. The van der Waals surface area contributed by atoms with Crippen LogP contribution in [0, 0.1) is 6.92 Å². The van der Waals surface area contributed by atoms with E-state index in [2.05, 4.69) is 5.32 Å². The Morgan fingerprint density at radius 3 is 2.11 bits per heavy atom.